The van der Waals surface area contributed by atoms with E-state index in [0.29, 0.717) is 5.75 Å². The van der Waals surface area contributed by atoms with Crippen LogP contribution in [0.3, 0.4) is 0 Å². The van der Waals surface area contributed by atoms with Gasteiger partial charge in [-0.05, 0) is 30.9 Å². The summed E-state index contributed by atoms with van der Waals surface area (Å²) in [5, 5.41) is 8.74. The lowest BCUT2D eigenvalue weighted by molar-refractivity contribution is -0.138. The van der Waals surface area contributed by atoms with Gasteiger partial charge in [0.05, 0.1) is 12.2 Å². The summed E-state index contributed by atoms with van der Waals surface area (Å²) in [6.45, 7) is 2.66. The third-order valence-corrected chi connectivity index (χ3v) is 4.28. The lowest BCUT2D eigenvalue weighted by atomic mass is 10.1. The van der Waals surface area contributed by atoms with E-state index in [1.807, 2.05) is 6.92 Å². The molecule has 16 heavy (non-hydrogen) atoms. The molecule has 1 rings (SSSR count). The summed E-state index contributed by atoms with van der Waals surface area (Å²) in [7, 11) is 1.78. The van der Waals surface area contributed by atoms with Crippen LogP contribution in [-0.2, 0) is 9.59 Å². The van der Waals surface area contributed by atoms with Gasteiger partial charge in [0.25, 0.3) is 0 Å². The number of nitrogens with zero attached hydrogens (tertiary/aromatic N) is 1. The number of amides is 1. The largest absolute Gasteiger partial charge is 0.481 e. The number of thioether (sulfide) groups is 1. The number of hydrogen-bond acceptors (Lipinski definition) is 3. The molecule has 1 N–H and O–H groups in total. The van der Waals surface area contributed by atoms with Crippen LogP contribution in [0.5, 0.6) is 0 Å². The summed E-state index contributed by atoms with van der Waals surface area (Å²) in [4.78, 5) is 23.8. The van der Waals surface area contributed by atoms with Gasteiger partial charge >= 0.3 is 5.97 Å². The van der Waals surface area contributed by atoms with Crippen LogP contribution in [0.25, 0.3) is 0 Å². The molecule has 0 aliphatic heterocycles. The van der Waals surface area contributed by atoms with Crippen LogP contribution in [0, 0.1) is 5.41 Å². The molecule has 0 aromatic carbocycles. The van der Waals surface area contributed by atoms with E-state index in [0.717, 1.165) is 25.1 Å². The number of carboxylic acid groups (broad SMARTS) is 1. The van der Waals surface area contributed by atoms with Crippen molar-refractivity contribution in [1.29, 1.82) is 0 Å². The number of carbonyl (C=O) groups is 2. The van der Waals surface area contributed by atoms with E-state index < -0.39 is 5.97 Å². The topological polar surface area (TPSA) is 57.6 Å². The number of rotatable bonds is 7. The Balaban J connectivity index is 2.20. The first-order valence-corrected chi connectivity index (χ1v) is 6.68. The van der Waals surface area contributed by atoms with Crippen LogP contribution in [-0.4, -0.2) is 47.0 Å². The molecule has 0 bridgehead atoms. The zero-order valence-corrected chi connectivity index (χ0v) is 10.7. The second-order valence-corrected chi connectivity index (χ2v) is 5.46. The molecule has 0 atom stereocenters. The summed E-state index contributed by atoms with van der Waals surface area (Å²) in [6.07, 6.45) is 2.23. The first-order valence-electron chi connectivity index (χ1n) is 5.52. The number of hydrogen-bond donors (Lipinski definition) is 1. The highest BCUT2D eigenvalue weighted by Crippen LogP contribution is 2.50. The summed E-state index contributed by atoms with van der Waals surface area (Å²) in [5.74, 6) is 0.655. The smallest absolute Gasteiger partial charge is 0.303 e. The van der Waals surface area contributed by atoms with E-state index in [2.05, 4.69) is 0 Å². The van der Waals surface area contributed by atoms with Crippen molar-refractivity contribution in [1.82, 2.24) is 4.90 Å². The molecule has 0 heterocycles. The van der Waals surface area contributed by atoms with Gasteiger partial charge in [-0.25, -0.2) is 0 Å². The van der Waals surface area contributed by atoms with Crippen molar-refractivity contribution >= 4 is 23.6 Å². The standard InChI is InChI=1S/C11H19NO3S/c1-3-12(2)9(13)7-16-8-11(4-5-11)6-10(14)15/h3-8H2,1-2H3,(H,14,15). The van der Waals surface area contributed by atoms with Gasteiger partial charge in [-0.2, -0.15) is 11.8 Å². The van der Waals surface area contributed by atoms with Gasteiger partial charge in [-0.3, -0.25) is 9.59 Å². The molecule has 92 valence electrons. The fourth-order valence-corrected chi connectivity index (χ4v) is 2.83. The summed E-state index contributed by atoms with van der Waals surface area (Å²) >= 11 is 1.56. The molecular weight excluding hydrogens is 226 g/mol. The van der Waals surface area contributed by atoms with Crippen molar-refractivity contribution in [3.05, 3.63) is 0 Å². The van der Waals surface area contributed by atoms with Gasteiger partial charge in [0.2, 0.25) is 5.91 Å². The predicted octanol–water partition coefficient (Wildman–Crippen LogP) is 1.45. The molecule has 0 saturated heterocycles. The molecule has 0 aromatic rings. The molecule has 5 heteroatoms. The third-order valence-electron chi connectivity index (χ3n) is 3.02. The van der Waals surface area contributed by atoms with Gasteiger partial charge in [0.1, 0.15) is 0 Å². The average molecular weight is 245 g/mol. The second-order valence-electron chi connectivity index (χ2n) is 4.47. The monoisotopic (exact) mass is 245 g/mol. The molecule has 0 spiro atoms. The quantitative estimate of drug-likeness (QED) is 0.737. The lowest BCUT2D eigenvalue weighted by Gasteiger charge is -2.15. The van der Waals surface area contributed by atoms with Crippen LogP contribution in [0.4, 0.5) is 0 Å². The molecule has 1 aliphatic rings. The second kappa shape index (κ2) is 5.57. The zero-order valence-electron chi connectivity index (χ0n) is 9.86. The SMILES string of the molecule is CCN(C)C(=O)CSCC1(CC(=O)O)CC1. The van der Waals surface area contributed by atoms with Crippen molar-refractivity contribution < 1.29 is 14.7 Å². The van der Waals surface area contributed by atoms with Gasteiger partial charge in [0.15, 0.2) is 0 Å². The molecule has 0 radical (unpaired) electrons. The maximum Gasteiger partial charge on any atom is 0.303 e. The highest BCUT2D eigenvalue weighted by molar-refractivity contribution is 7.99. The number of carboxylic acids is 1. The Morgan fingerprint density at radius 3 is 2.50 bits per heavy atom. The van der Waals surface area contributed by atoms with Crippen molar-refractivity contribution in [2.45, 2.75) is 26.2 Å². The predicted molar refractivity (Wildman–Crippen MR) is 64.6 cm³/mol. The van der Waals surface area contributed by atoms with E-state index in [9.17, 15) is 9.59 Å². The molecule has 1 aliphatic carbocycles. The lowest BCUT2D eigenvalue weighted by Crippen LogP contribution is -2.28. The fraction of sp³-hybridized carbons (Fsp3) is 0.818. The molecule has 1 fully saturated rings. The van der Waals surface area contributed by atoms with Crippen LogP contribution in [0.2, 0.25) is 0 Å². The van der Waals surface area contributed by atoms with Crippen LogP contribution in [0.15, 0.2) is 0 Å². The Kier molecular flexibility index (Phi) is 4.65. The van der Waals surface area contributed by atoms with Crippen molar-refractivity contribution in [3.8, 4) is 0 Å². The van der Waals surface area contributed by atoms with Crippen LogP contribution >= 0.6 is 11.8 Å². The molecule has 0 aromatic heterocycles. The third kappa shape index (κ3) is 4.04. The van der Waals surface area contributed by atoms with Gasteiger partial charge < -0.3 is 10.0 Å². The van der Waals surface area contributed by atoms with Crippen LogP contribution in [0.1, 0.15) is 26.2 Å². The van der Waals surface area contributed by atoms with E-state index in [1.165, 1.54) is 0 Å². The Bertz CT molecular complexity index is 276. The fourth-order valence-electron chi connectivity index (χ4n) is 1.51. The minimum absolute atomic E-state index is 0.0123. The van der Waals surface area contributed by atoms with E-state index in [4.69, 9.17) is 5.11 Å². The maximum absolute atomic E-state index is 11.5. The molecule has 4 nitrogen and oxygen atoms in total. The highest BCUT2D eigenvalue weighted by atomic mass is 32.2. The first kappa shape index (κ1) is 13.4. The molecule has 1 saturated carbocycles. The maximum atomic E-state index is 11.5. The van der Waals surface area contributed by atoms with E-state index in [-0.39, 0.29) is 17.7 Å². The number of aliphatic carboxylic acids is 1. The highest BCUT2D eigenvalue weighted by Gasteiger charge is 2.44. The van der Waals surface area contributed by atoms with Gasteiger partial charge in [-0.15, -0.1) is 0 Å². The minimum atomic E-state index is -0.727. The normalized spacial score (nSPS) is 16.9. The van der Waals surface area contributed by atoms with Gasteiger partial charge in [0, 0.05) is 13.6 Å². The molecular formula is C11H19NO3S. The van der Waals surface area contributed by atoms with E-state index >= 15 is 0 Å². The Labute approximate surface area is 100 Å². The van der Waals surface area contributed by atoms with Crippen molar-refractivity contribution in [2.75, 3.05) is 25.1 Å². The number of carbonyl (C=O) groups excluding carboxylic acids is 1. The summed E-state index contributed by atoms with van der Waals surface area (Å²) in [5.41, 5.74) is -0.0123. The zero-order chi connectivity index (χ0) is 12.2. The van der Waals surface area contributed by atoms with Gasteiger partial charge in [-0.1, -0.05) is 0 Å². The first-order chi connectivity index (χ1) is 7.49. The summed E-state index contributed by atoms with van der Waals surface area (Å²) in [6, 6.07) is 0. The van der Waals surface area contributed by atoms with Crippen molar-refractivity contribution in [2.24, 2.45) is 5.41 Å². The molecule has 1 amide bonds. The molecule has 0 unspecified atom stereocenters. The van der Waals surface area contributed by atoms with Crippen molar-refractivity contribution in [3.63, 3.8) is 0 Å². The Morgan fingerprint density at radius 1 is 1.44 bits per heavy atom. The van der Waals surface area contributed by atoms with Crippen LogP contribution < -0.4 is 0 Å². The van der Waals surface area contributed by atoms with E-state index in [1.54, 1.807) is 23.7 Å². The minimum Gasteiger partial charge on any atom is -0.481 e. The summed E-state index contributed by atoms with van der Waals surface area (Å²) < 4.78 is 0. The average Bonchev–Trinajstić information content (AvgIpc) is 2.95. The Morgan fingerprint density at radius 2 is 2.06 bits per heavy atom. The Hall–Kier alpha value is -0.710.